The number of halogens is 1. The van der Waals surface area contributed by atoms with Crippen LogP contribution in [0.25, 0.3) is 0 Å². The number of carbonyl (C=O) groups is 2. The van der Waals surface area contributed by atoms with E-state index in [-0.39, 0.29) is 0 Å². The number of methoxy groups -OCH3 is 1. The largest absolute Gasteiger partial charge is 0.385 e. The van der Waals surface area contributed by atoms with Crippen LogP contribution in [0.2, 0.25) is 0 Å². The van der Waals surface area contributed by atoms with Crippen LogP contribution in [0, 0.1) is 0 Å². The van der Waals surface area contributed by atoms with E-state index in [1.54, 1.807) is 7.11 Å². The van der Waals surface area contributed by atoms with Crippen molar-refractivity contribution in [2.75, 3.05) is 32.7 Å². The van der Waals surface area contributed by atoms with Crippen LogP contribution >= 0.6 is 11.6 Å². The molecule has 2 N–H and O–H groups in total. The minimum absolute atomic E-state index is 0.424. The van der Waals surface area contributed by atoms with E-state index in [0.29, 0.717) is 38.4 Å². The van der Waals surface area contributed by atoms with Crippen LogP contribution in [0.1, 0.15) is 12.8 Å². The number of rotatable bonds is 7. The highest BCUT2D eigenvalue weighted by Gasteiger charge is 2.10. The van der Waals surface area contributed by atoms with Gasteiger partial charge in [0.2, 0.25) is 0 Å². The minimum Gasteiger partial charge on any atom is -0.385 e. The zero-order valence-electron chi connectivity index (χ0n) is 8.85. The number of ether oxygens (including phenoxy) is 1. The molecule has 0 rings (SSSR count). The molecule has 0 aliphatic carbocycles. The molecule has 88 valence electrons. The maximum atomic E-state index is 11.1. The molecule has 5 nitrogen and oxygen atoms in total. The van der Waals surface area contributed by atoms with Crippen molar-refractivity contribution in [3.05, 3.63) is 0 Å². The van der Waals surface area contributed by atoms with E-state index in [4.69, 9.17) is 16.3 Å². The highest BCUT2D eigenvalue weighted by Crippen LogP contribution is 1.82. The van der Waals surface area contributed by atoms with Gasteiger partial charge in [-0.25, -0.2) is 0 Å². The molecule has 0 radical (unpaired) electrons. The summed E-state index contributed by atoms with van der Waals surface area (Å²) in [5, 5.41) is 4.94. The molecule has 0 aromatic carbocycles. The summed E-state index contributed by atoms with van der Waals surface area (Å²) in [5.74, 6) is -0.756. The number of nitrogens with one attached hydrogen (secondary N) is 2. The SMILES string of the molecule is COCCCNC(=O)C(=O)NCCCCl. The Bertz CT molecular complexity index is 200. The fourth-order valence-electron chi connectivity index (χ4n) is 0.848. The fraction of sp³-hybridized carbons (Fsp3) is 0.778. The molecule has 0 bridgehead atoms. The topological polar surface area (TPSA) is 67.4 Å². The summed E-state index contributed by atoms with van der Waals surface area (Å²) in [6.07, 6.45) is 1.35. The van der Waals surface area contributed by atoms with Crippen LogP contribution < -0.4 is 10.6 Å². The van der Waals surface area contributed by atoms with Crippen LogP contribution in [0.3, 0.4) is 0 Å². The molecule has 0 atom stereocenters. The first-order chi connectivity index (χ1) is 7.22. The van der Waals surface area contributed by atoms with Gasteiger partial charge in [-0.15, -0.1) is 11.6 Å². The Kier molecular flexibility index (Phi) is 9.21. The molecule has 0 fully saturated rings. The monoisotopic (exact) mass is 236 g/mol. The van der Waals surface area contributed by atoms with Crippen LogP contribution in [0.5, 0.6) is 0 Å². The van der Waals surface area contributed by atoms with Gasteiger partial charge < -0.3 is 15.4 Å². The zero-order chi connectivity index (χ0) is 11.5. The van der Waals surface area contributed by atoms with Gasteiger partial charge in [0, 0.05) is 32.7 Å². The third-order valence-electron chi connectivity index (χ3n) is 1.61. The maximum absolute atomic E-state index is 11.1. The molecular formula is C9H17ClN2O3. The Morgan fingerprint density at radius 1 is 1.13 bits per heavy atom. The Morgan fingerprint density at radius 3 is 2.13 bits per heavy atom. The Labute approximate surface area is 94.5 Å². The summed E-state index contributed by atoms with van der Waals surface area (Å²) in [6, 6.07) is 0. The van der Waals surface area contributed by atoms with E-state index in [1.165, 1.54) is 0 Å². The lowest BCUT2D eigenvalue weighted by Gasteiger charge is -2.05. The van der Waals surface area contributed by atoms with E-state index >= 15 is 0 Å². The predicted molar refractivity (Wildman–Crippen MR) is 57.8 cm³/mol. The van der Waals surface area contributed by atoms with Crippen molar-refractivity contribution in [1.82, 2.24) is 10.6 Å². The van der Waals surface area contributed by atoms with Crippen LogP contribution in [-0.2, 0) is 14.3 Å². The molecule has 15 heavy (non-hydrogen) atoms. The van der Waals surface area contributed by atoms with Gasteiger partial charge in [-0.1, -0.05) is 0 Å². The Morgan fingerprint density at radius 2 is 1.67 bits per heavy atom. The minimum atomic E-state index is -0.613. The van der Waals surface area contributed by atoms with Crippen LogP contribution in [0.4, 0.5) is 0 Å². The average Bonchev–Trinajstić information content (AvgIpc) is 2.24. The number of amides is 2. The number of alkyl halides is 1. The van der Waals surface area contributed by atoms with Crippen LogP contribution in [-0.4, -0.2) is 44.5 Å². The molecule has 0 heterocycles. The van der Waals surface area contributed by atoms with Crippen molar-refractivity contribution >= 4 is 23.4 Å². The first-order valence-electron chi connectivity index (χ1n) is 4.83. The summed E-state index contributed by atoms with van der Waals surface area (Å²) in [7, 11) is 1.58. The van der Waals surface area contributed by atoms with Gasteiger partial charge in [-0.2, -0.15) is 0 Å². The van der Waals surface area contributed by atoms with E-state index in [9.17, 15) is 9.59 Å². The molecule has 0 aromatic heterocycles. The van der Waals surface area contributed by atoms with Gasteiger partial charge in [0.05, 0.1) is 0 Å². The molecular weight excluding hydrogens is 220 g/mol. The second-order valence-corrected chi connectivity index (χ2v) is 3.28. The van der Waals surface area contributed by atoms with Crippen molar-refractivity contribution in [1.29, 1.82) is 0 Å². The van der Waals surface area contributed by atoms with E-state index in [0.717, 1.165) is 0 Å². The van der Waals surface area contributed by atoms with Gasteiger partial charge in [-0.05, 0) is 12.8 Å². The van der Waals surface area contributed by atoms with Crippen molar-refractivity contribution < 1.29 is 14.3 Å². The quantitative estimate of drug-likeness (QED) is 0.368. The smallest absolute Gasteiger partial charge is 0.309 e. The second kappa shape index (κ2) is 9.73. The molecule has 0 saturated heterocycles. The normalized spacial score (nSPS) is 9.73. The molecule has 0 spiro atoms. The zero-order valence-corrected chi connectivity index (χ0v) is 9.60. The lowest BCUT2D eigenvalue weighted by molar-refractivity contribution is -0.139. The number of hydrogen-bond donors (Lipinski definition) is 2. The standard InChI is InChI=1S/C9H17ClN2O3/c1-15-7-3-6-12-9(14)8(13)11-5-2-4-10/h2-7H2,1H3,(H,11,13)(H,12,14). The van der Waals surface area contributed by atoms with E-state index in [1.807, 2.05) is 0 Å². The maximum Gasteiger partial charge on any atom is 0.309 e. The summed E-state index contributed by atoms with van der Waals surface area (Å²) in [4.78, 5) is 22.2. The summed E-state index contributed by atoms with van der Waals surface area (Å²) in [5.41, 5.74) is 0. The highest BCUT2D eigenvalue weighted by atomic mass is 35.5. The van der Waals surface area contributed by atoms with Gasteiger partial charge >= 0.3 is 11.8 Å². The molecule has 0 aliphatic heterocycles. The fourth-order valence-corrected chi connectivity index (χ4v) is 0.981. The Balaban J connectivity index is 3.47. The third-order valence-corrected chi connectivity index (χ3v) is 1.88. The average molecular weight is 237 g/mol. The number of carbonyl (C=O) groups excluding carboxylic acids is 2. The molecule has 0 unspecified atom stereocenters. The highest BCUT2D eigenvalue weighted by molar-refractivity contribution is 6.35. The van der Waals surface area contributed by atoms with Gasteiger partial charge in [-0.3, -0.25) is 9.59 Å². The number of hydrogen-bond acceptors (Lipinski definition) is 3. The molecule has 6 heteroatoms. The third kappa shape index (κ3) is 8.20. The van der Waals surface area contributed by atoms with Crippen molar-refractivity contribution in [2.45, 2.75) is 12.8 Å². The van der Waals surface area contributed by atoms with E-state index < -0.39 is 11.8 Å². The van der Waals surface area contributed by atoms with Gasteiger partial charge in [0.25, 0.3) is 0 Å². The van der Waals surface area contributed by atoms with Crippen molar-refractivity contribution in [3.63, 3.8) is 0 Å². The lowest BCUT2D eigenvalue weighted by atomic mass is 10.4. The summed E-state index contributed by atoms with van der Waals surface area (Å²) >= 11 is 5.42. The Hall–Kier alpha value is -0.810. The van der Waals surface area contributed by atoms with Gasteiger partial charge in [0.15, 0.2) is 0 Å². The summed E-state index contributed by atoms with van der Waals surface area (Å²) in [6.45, 7) is 1.43. The summed E-state index contributed by atoms with van der Waals surface area (Å²) < 4.78 is 4.80. The molecule has 2 amide bonds. The molecule has 0 saturated carbocycles. The van der Waals surface area contributed by atoms with E-state index in [2.05, 4.69) is 10.6 Å². The van der Waals surface area contributed by atoms with Crippen molar-refractivity contribution in [3.8, 4) is 0 Å². The first kappa shape index (κ1) is 14.2. The predicted octanol–water partition coefficient (Wildman–Crippen LogP) is -0.116. The first-order valence-corrected chi connectivity index (χ1v) is 5.36. The molecule has 0 aromatic rings. The van der Waals surface area contributed by atoms with Crippen LogP contribution in [0.15, 0.2) is 0 Å². The van der Waals surface area contributed by atoms with Crippen molar-refractivity contribution in [2.24, 2.45) is 0 Å². The second-order valence-electron chi connectivity index (χ2n) is 2.90. The van der Waals surface area contributed by atoms with Gasteiger partial charge in [0.1, 0.15) is 0 Å². The lowest BCUT2D eigenvalue weighted by Crippen LogP contribution is -2.40. The molecule has 0 aliphatic rings.